The maximum atomic E-state index is 11.5. The minimum Gasteiger partial charge on any atom is -0.461 e. The quantitative estimate of drug-likeness (QED) is 0.803. The van der Waals surface area contributed by atoms with E-state index in [1.807, 2.05) is 12.1 Å². The molecule has 0 saturated carbocycles. The van der Waals surface area contributed by atoms with E-state index in [2.05, 4.69) is 24.0 Å². The number of nitrogens with one attached hydrogen (secondary N) is 1. The number of hydrogen-bond donors (Lipinski definition) is 1. The van der Waals surface area contributed by atoms with Crippen LogP contribution in [0.5, 0.6) is 0 Å². The topological polar surface area (TPSA) is 42.1 Å². The molecule has 0 radical (unpaired) electrons. The van der Waals surface area contributed by atoms with Crippen LogP contribution in [-0.4, -0.2) is 17.6 Å². The van der Waals surface area contributed by atoms with Crippen LogP contribution in [-0.2, 0) is 11.2 Å². The van der Waals surface area contributed by atoms with E-state index in [9.17, 15) is 4.79 Å². The average molecular weight is 217 g/mol. The second-order valence-electron chi connectivity index (χ2n) is 3.68. The van der Waals surface area contributed by atoms with Crippen molar-refractivity contribution in [2.24, 2.45) is 0 Å². The number of hydrogen-bond acceptors (Lipinski definition) is 2. The summed E-state index contributed by atoms with van der Waals surface area (Å²) in [6, 6.07) is 7.99. The monoisotopic (exact) mass is 217 g/mol. The molecule has 0 aliphatic heterocycles. The Labute approximate surface area is 94.4 Å². The number of fused-ring (bicyclic) bond motifs is 1. The molecule has 1 aromatic carbocycles. The van der Waals surface area contributed by atoms with Crippen molar-refractivity contribution >= 4 is 16.9 Å². The van der Waals surface area contributed by atoms with Crippen molar-refractivity contribution in [3.05, 3.63) is 35.5 Å². The van der Waals surface area contributed by atoms with E-state index in [4.69, 9.17) is 4.74 Å². The Hall–Kier alpha value is -1.77. The van der Waals surface area contributed by atoms with Gasteiger partial charge < -0.3 is 9.72 Å². The van der Waals surface area contributed by atoms with Crippen LogP contribution < -0.4 is 0 Å². The van der Waals surface area contributed by atoms with Gasteiger partial charge in [-0.05, 0) is 31.0 Å². The summed E-state index contributed by atoms with van der Waals surface area (Å²) in [5.74, 6) is -0.295. The Balaban J connectivity index is 2.39. The molecular formula is C13H15NO2. The zero-order valence-corrected chi connectivity index (χ0v) is 9.54. The van der Waals surface area contributed by atoms with E-state index >= 15 is 0 Å². The molecule has 1 aromatic heterocycles. The molecule has 1 N–H and O–H groups in total. The number of H-pyrrole nitrogens is 1. The zero-order chi connectivity index (χ0) is 11.5. The molecular weight excluding hydrogens is 202 g/mol. The van der Waals surface area contributed by atoms with Crippen molar-refractivity contribution in [3.8, 4) is 0 Å². The Morgan fingerprint density at radius 1 is 1.31 bits per heavy atom. The van der Waals surface area contributed by atoms with Gasteiger partial charge in [0.15, 0.2) is 0 Å². The molecule has 0 aliphatic carbocycles. The lowest BCUT2D eigenvalue weighted by atomic mass is 10.1. The highest BCUT2D eigenvalue weighted by atomic mass is 16.5. The first-order valence-electron chi connectivity index (χ1n) is 5.53. The van der Waals surface area contributed by atoms with Crippen molar-refractivity contribution in [3.63, 3.8) is 0 Å². The first kappa shape index (κ1) is 10.7. The smallest absolute Gasteiger partial charge is 0.354 e. The summed E-state index contributed by atoms with van der Waals surface area (Å²) in [4.78, 5) is 14.6. The van der Waals surface area contributed by atoms with Crippen LogP contribution in [0, 0.1) is 0 Å². The molecule has 2 rings (SSSR count). The number of rotatable bonds is 3. The van der Waals surface area contributed by atoms with Crippen LogP contribution in [0.4, 0.5) is 0 Å². The second-order valence-corrected chi connectivity index (χ2v) is 3.68. The van der Waals surface area contributed by atoms with Gasteiger partial charge in [-0.15, -0.1) is 0 Å². The minimum atomic E-state index is -0.295. The second kappa shape index (κ2) is 4.39. The van der Waals surface area contributed by atoms with E-state index in [0.717, 1.165) is 17.3 Å². The molecule has 1 heterocycles. The summed E-state index contributed by atoms with van der Waals surface area (Å²) >= 11 is 0. The van der Waals surface area contributed by atoms with Gasteiger partial charge in [-0.2, -0.15) is 0 Å². The van der Waals surface area contributed by atoms with Gasteiger partial charge in [0, 0.05) is 10.9 Å². The molecule has 0 spiro atoms. The van der Waals surface area contributed by atoms with Gasteiger partial charge in [-0.1, -0.05) is 19.1 Å². The average Bonchev–Trinajstić information content (AvgIpc) is 2.71. The fourth-order valence-corrected chi connectivity index (χ4v) is 1.71. The molecule has 84 valence electrons. The number of aromatic nitrogens is 1. The molecule has 0 bridgehead atoms. The summed E-state index contributed by atoms with van der Waals surface area (Å²) in [5, 5.41) is 1.04. The summed E-state index contributed by atoms with van der Waals surface area (Å²) < 4.78 is 4.94. The van der Waals surface area contributed by atoms with E-state index in [0.29, 0.717) is 12.3 Å². The lowest BCUT2D eigenvalue weighted by Crippen LogP contribution is -2.04. The summed E-state index contributed by atoms with van der Waals surface area (Å²) in [6.07, 6.45) is 0.990. The number of carbonyl (C=O) groups is 1. The van der Waals surface area contributed by atoms with Crippen molar-refractivity contribution < 1.29 is 9.53 Å². The minimum absolute atomic E-state index is 0.295. The summed E-state index contributed by atoms with van der Waals surface area (Å²) in [5.41, 5.74) is 2.76. The summed E-state index contributed by atoms with van der Waals surface area (Å²) in [6.45, 7) is 4.31. The molecule has 16 heavy (non-hydrogen) atoms. The molecule has 0 saturated heterocycles. The van der Waals surface area contributed by atoms with Gasteiger partial charge in [-0.3, -0.25) is 0 Å². The number of esters is 1. The van der Waals surface area contributed by atoms with Crippen LogP contribution >= 0.6 is 0 Å². The van der Waals surface area contributed by atoms with Gasteiger partial charge in [-0.25, -0.2) is 4.79 Å². The van der Waals surface area contributed by atoms with E-state index < -0.39 is 0 Å². The standard InChI is InChI=1S/C13H15NO2/c1-3-9-5-6-10-8-12(13(15)16-4-2)14-11(10)7-9/h5-8,14H,3-4H2,1-2H3. The predicted octanol–water partition coefficient (Wildman–Crippen LogP) is 2.91. The lowest BCUT2D eigenvalue weighted by molar-refractivity contribution is 0.0520. The highest BCUT2D eigenvalue weighted by molar-refractivity contribution is 5.94. The molecule has 0 atom stereocenters. The molecule has 3 heteroatoms. The number of aryl methyl sites for hydroxylation is 1. The third-order valence-corrected chi connectivity index (χ3v) is 2.59. The van der Waals surface area contributed by atoms with Crippen molar-refractivity contribution in [2.45, 2.75) is 20.3 Å². The lowest BCUT2D eigenvalue weighted by Gasteiger charge is -1.97. The molecule has 0 fully saturated rings. The van der Waals surface area contributed by atoms with Crippen LogP contribution in [0.1, 0.15) is 29.9 Å². The fourth-order valence-electron chi connectivity index (χ4n) is 1.71. The van der Waals surface area contributed by atoms with Gasteiger partial charge in [0.1, 0.15) is 5.69 Å². The van der Waals surface area contributed by atoms with E-state index in [1.54, 1.807) is 6.92 Å². The SMILES string of the molecule is CCOC(=O)c1cc2ccc(CC)cc2[nH]1. The summed E-state index contributed by atoms with van der Waals surface area (Å²) in [7, 11) is 0. The van der Waals surface area contributed by atoms with Crippen molar-refractivity contribution in [1.82, 2.24) is 4.98 Å². The molecule has 0 amide bonds. The predicted molar refractivity (Wildman–Crippen MR) is 63.6 cm³/mol. The number of aromatic amines is 1. The van der Waals surface area contributed by atoms with Crippen LogP contribution in [0.25, 0.3) is 10.9 Å². The van der Waals surface area contributed by atoms with Crippen LogP contribution in [0.3, 0.4) is 0 Å². The Kier molecular flexibility index (Phi) is 2.95. The maximum absolute atomic E-state index is 11.5. The number of carbonyl (C=O) groups excluding carboxylic acids is 1. The molecule has 2 aromatic rings. The number of benzene rings is 1. The van der Waals surface area contributed by atoms with Gasteiger partial charge >= 0.3 is 5.97 Å². The highest BCUT2D eigenvalue weighted by Crippen LogP contribution is 2.18. The molecule has 0 aliphatic rings. The van der Waals surface area contributed by atoms with E-state index in [-0.39, 0.29) is 5.97 Å². The molecule has 0 unspecified atom stereocenters. The third kappa shape index (κ3) is 1.94. The third-order valence-electron chi connectivity index (χ3n) is 2.59. The Morgan fingerprint density at radius 2 is 2.12 bits per heavy atom. The largest absolute Gasteiger partial charge is 0.461 e. The highest BCUT2D eigenvalue weighted by Gasteiger charge is 2.09. The van der Waals surface area contributed by atoms with Crippen molar-refractivity contribution in [2.75, 3.05) is 6.61 Å². The molecule has 3 nitrogen and oxygen atoms in total. The fraction of sp³-hybridized carbons (Fsp3) is 0.308. The Morgan fingerprint density at radius 3 is 2.81 bits per heavy atom. The Bertz CT molecular complexity index is 514. The van der Waals surface area contributed by atoms with Crippen LogP contribution in [0.2, 0.25) is 0 Å². The maximum Gasteiger partial charge on any atom is 0.354 e. The first-order valence-corrected chi connectivity index (χ1v) is 5.53. The van der Waals surface area contributed by atoms with Gasteiger partial charge in [0.25, 0.3) is 0 Å². The number of ether oxygens (including phenoxy) is 1. The van der Waals surface area contributed by atoms with Gasteiger partial charge in [0.2, 0.25) is 0 Å². The normalized spacial score (nSPS) is 10.6. The zero-order valence-electron chi connectivity index (χ0n) is 9.54. The van der Waals surface area contributed by atoms with Crippen LogP contribution in [0.15, 0.2) is 24.3 Å². The van der Waals surface area contributed by atoms with Crippen molar-refractivity contribution in [1.29, 1.82) is 0 Å². The van der Waals surface area contributed by atoms with Gasteiger partial charge in [0.05, 0.1) is 6.61 Å². The first-order chi connectivity index (χ1) is 7.74. The van der Waals surface area contributed by atoms with E-state index in [1.165, 1.54) is 5.56 Å².